The van der Waals surface area contributed by atoms with E-state index in [0.717, 1.165) is 6.07 Å². The second-order valence-electron chi connectivity index (χ2n) is 6.76. The Morgan fingerprint density at radius 3 is 2.44 bits per heavy atom. The number of halogens is 3. The van der Waals surface area contributed by atoms with Crippen molar-refractivity contribution in [2.75, 3.05) is 5.32 Å². The predicted molar refractivity (Wildman–Crippen MR) is 109 cm³/mol. The van der Waals surface area contributed by atoms with Gasteiger partial charge in [0, 0.05) is 30.9 Å². The van der Waals surface area contributed by atoms with Crippen LogP contribution in [0.5, 0.6) is 0 Å². The second-order valence-corrected chi connectivity index (χ2v) is 6.76. The van der Waals surface area contributed by atoms with E-state index in [2.05, 4.69) is 25.4 Å². The molecule has 0 saturated heterocycles. The minimum atomic E-state index is -4.58. The van der Waals surface area contributed by atoms with E-state index in [0.29, 0.717) is 5.56 Å². The van der Waals surface area contributed by atoms with E-state index >= 15 is 0 Å². The van der Waals surface area contributed by atoms with Crippen molar-refractivity contribution in [3.8, 4) is 22.8 Å². The maximum absolute atomic E-state index is 13.6. The molecular weight excluding hydrogens is 423 g/mol. The van der Waals surface area contributed by atoms with Gasteiger partial charge in [0.25, 0.3) is 0 Å². The molecule has 4 aromatic rings. The van der Waals surface area contributed by atoms with Crippen LogP contribution in [0, 0.1) is 0 Å². The Labute approximate surface area is 180 Å². The highest BCUT2D eigenvalue weighted by molar-refractivity contribution is 5.91. The zero-order chi connectivity index (χ0) is 22.6. The standard InChI is InChI=1S/C22H16F3N5O2/c23-22(24,25)17-13-15(7-8-16(17)14-5-2-1-3-6-14)28-18(31)9-10-19-29-21(30-32-19)20-26-11-4-12-27-20/h1-8,11-13H,9-10H2,(H,28,31). The predicted octanol–water partition coefficient (Wildman–Crippen LogP) is 4.78. The molecule has 0 aliphatic rings. The van der Waals surface area contributed by atoms with Crippen LogP contribution in [0.2, 0.25) is 0 Å². The van der Waals surface area contributed by atoms with Crippen LogP contribution in [0.15, 0.2) is 71.5 Å². The fourth-order valence-corrected chi connectivity index (χ4v) is 3.03. The van der Waals surface area contributed by atoms with Crippen molar-refractivity contribution in [2.24, 2.45) is 0 Å². The summed E-state index contributed by atoms with van der Waals surface area (Å²) in [7, 11) is 0. The zero-order valence-corrected chi connectivity index (χ0v) is 16.5. The molecular formula is C22H16F3N5O2. The summed E-state index contributed by atoms with van der Waals surface area (Å²) in [5.41, 5.74) is -0.304. The Hall–Kier alpha value is -4.08. The van der Waals surface area contributed by atoms with E-state index in [4.69, 9.17) is 4.52 Å². The number of nitrogens with zero attached hydrogens (tertiary/aromatic N) is 4. The Morgan fingerprint density at radius 2 is 1.72 bits per heavy atom. The first kappa shape index (κ1) is 21.2. The van der Waals surface area contributed by atoms with Crippen LogP contribution >= 0.6 is 0 Å². The third kappa shape index (κ3) is 4.97. The number of anilines is 1. The molecule has 32 heavy (non-hydrogen) atoms. The summed E-state index contributed by atoms with van der Waals surface area (Å²) in [6.45, 7) is 0. The molecule has 2 aromatic heterocycles. The molecule has 2 heterocycles. The van der Waals surface area contributed by atoms with Gasteiger partial charge in [0.15, 0.2) is 0 Å². The minimum absolute atomic E-state index is 0.0395. The van der Waals surface area contributed by atoms with Crippen LogP contribution in [0.4, 0.5) is 18.9 Å². The lowest BCUT2D eigenvalue weighted by molar-refractivity contribution is -0.137. The summed E-state index contributed by atoms with van der Waals surface area (Å²) in [4.78, 5) is 24.4. The first-order valence-electron chi connectivity index (χ1n) is 9.56. The molecule has 0 atom stereocenters. The summed E-state index contributed by atoms with van der Waals surface area (Å²) >= 11 is 0. The third-order valence-corrected chi connectivity index (χ3v) is 4.49. The lowest BCUT2D eigenvalue weighted by Gasteiger charge is -2.15. The number of carbonyl (C=O) groups is 1. The van der Waals surface area contributed by atoms with Crippen molar-refractivity contribution < 1.29 is 22.5 Å². The highest BCUT2D eigenvalue weighted by Gasteiger charge is 2.34. The number of nitrogens with one attached hydrogen (secondary N) is 1. The summed E-state index contributed by atoms with van der Waals surface area (Å²) in [5, 5.41) is 6.25. The minimum Gasteiger partial charge on any atom is -0.339 e. The van der Waals surface area contributed by atoms with E-state index in [1.54, 1.807) is 36.4 Å². The van der Waals surface area contributed by atoms with Gasteiger partial charge in [-0.1, -0.05) is 41.6 Å². The monoisotopic (exact) mass is 439 g/mol. The molecule has 0 radical (unpaired) electrons. The lowest BCUT2D eigenvalue weighted by Crippen LogP contribution is -2.14. The van der Waals surface area contributed by atoms with Crippen molar-refractivity contribution in [2.45, 2.75) is 19.0 Å². The lowest BCUT2D eigenvalue weighted by atomic mass is 9.98. The van der Waals surface area contributed by atoms with E-state index < -0.39 is 17.6 Å². The molecule has 4 rings (SSSR count). The first-order chi connectivity index (χ1) is 15.4. The maximum Gasteiger partial charge on any atom is 0.417 e. The molecule has 10 heteroatoms. The first-order valence-corrected chi connectivity index (χ1v) is 9.56. The molecule has 2 aromatic carbocycles. The quantitative estimate of drug-likeness (QED) is 0.465. The fourth-order valence-electron chi connectivity index (χ4n) is 3.03. The van der Waals surface area contributed by atoms with Crippen LogP contribution < -0.4 is 5.32 Å². The van der Waals surface area contributed by atoms with Crippen molar-refractivity contribution >= 4 is 11.6 Å². The number of amides is 1. The Kier molecular flexibility index (Phi) is 5.93. The normalized spacial score (nSPS) is 11.3. The van der Waals surface area contributed by atoms with Crippen LogP contribution in [0.1, 0.15) is 17.9 Å². The van der Waals surface area contributed by atoms with Crippen molar-refractivity contribution in [3.05, 3.63) is 78.4 Å². The molecule has 0 spiro atoms. The van der Waals surface area contributed by atoms with Gasteiger partial charge < -0.3 is 9.84 Å². The smallest absolute Gasteiger partial charge is 0.339 e. The molecule has 1 N–H and O–H groups in total. The average molecular weight is 439 g/mol. The van der Waals surface area contributed by atoms with E-state index in [9.17, 15) is 18.0 Å². The molecule has 0 unspecified atom stereocenters. The van der Waals surface area contributed by atoms with Gasteiger partial charge >= 0.3 is 6.18 Å². The van der Waals surface area contributed by atoms with Gasteiger partial charge in [0.05, 0.1) is 5.56 Å². The van der Waals surface area contributed by atoms with Gasteiger partial charge in [-0.25, -0.2) is 9.97 Å². The maximum atomic E-state index is 13.6. The number of aromatic nitrogens is 4. The number of rotatable bonds is 6. The van der Waals surface area contributed by atoms with Gasteiger partial charge in [-0.05, 0) is 29.3 Å². The molecule has 1 amide bonds. The van der Waals surface area contributed by atoms with Crippen LogP contribution in [-0.4, -0.2) is 26.0 Å². The topological polar surface area (TPSA) is 93.8 Å². The summed E-state index contributed by atoms with van der Waals surface area (Å²) in [6.07, 6.45) is -1.46. The van der Waals surface area contributed by atoms with Crippen molar-refractivity contribution in [1.82, 2.24) is 20.1 Å². The van der Waals surface area contributed by atoms with Gasteiger partial charge in [0.2, 0.25) is 23.4 Å². The van der Waals surface area contributed by atoms with Gasteiger partial charge in [0.1, 0.15) is 0 Å². The van der Waals surface area contributed by atoms with Gasteiger partial charge in [-0.3, -0.25) is 4.79 Å². The highest BCUT2D eigenvalue weighted by atomic mass is 19.4. The molecule has 0 aliphatic heterocycles. The van der Waals surface area contributed by atoms with Crippen molar-refractivity contribution in [1.29, 1.82) is 0 Å². The van der Waals surface area contributed by atoms with Gasteiger partial charge in [-0.2, -0.15) is 18.2 Å². The van der Waals surface area contributed by atoms with E-state index in [-0.39, 0.29) is 41.6 Å². The number of alkyl halides is 3. The Morgan fingerprint density at radius 1 is 0.969 bits per heavy atom. The number of aryl methyl sites for hydroxylation is 1. The largest absolute Gasteiger partial charge is 0.417 e. The molecule has 0 saturated carbocycles. The molecule has 7 nitrogen and oxygen atoms in total. The Bertz CT molecular complexity index is 1210. The SMILES string of the molecule is O=C(CCc1nc(-c2ncccn2)no1)Nc1ccc(-c2ccccc2)c(C(F)(F)F)c1. The van der Waals surface area contributed by atoms with Crippen LogP contribution in [0.25, 0.3) is 22.8 Å². The third-order valence-electron chi connectivity index (χ3n) is 4.49. The molecule has 0 bridgehead atoms. The molecule has 0 aliphatic carbocycles. The highest BCUT2D eigenvalue weighted by Crippen LogP contribution is 2.38. The number of hydrogen-bond donors (Lipinski definition) is 1. The van der Waals surface area contributed by atoms with Crippen LogP contribution in [-0.2, 0) is 17.4 Å². The number of benzene rings is 2. The fraction of sp³-hybridized carbons (Fsp3) is 0.136. The summed E-state index contributed by atoms with van der Waals surface area (Å²) in [5.74, 6) is 0.178. The van der Waals surface area contributed by atoms with Crippen LogP contribution in [0.3, 0.4) is 0 Å². The van der Waals surface area contributed by atoms with E-state index in [1.807, 2.05) is 0 Å². The summed E-state index contributed by atoms with van der Waals surface area (Å²) < 4.78 is 45.9. The van der Waals surface area contributed by atoms with Crippen molar-refractivity contribution in [3.63, 3.8) is 0 Å². The zero-order valence-electron chi connectivity index (χ0n) is 16.5. The average Bonchev–Trinajstić information content (AvgIpc) is 3.27. The Balaban J connectivity index is 1.44. The van der Waals surface area contributed by atoms with E-state index in [1.165, 1.54) is 24.5 Å². The molecule has 0 fully saturated rings. The van der Waals surface area contributed by atoms with Gasteiger partial charge in [-0.15, -0.1) is 0 Å². The number of carbonyl (C=O) groups excluding carboxylic acids is 1. The number of hydrogen-bond acceptors (Lipinski definition) is 6. The summed E-state index contributed by atoms with van der Waals surface area (Å²) in [6, 6.07) is 13.6. The molecule has 162 valence electrons. The second kappa shape index (κ2) is 8.96.